The minimum atomic E-state index is -0.116. The molecule has 0 aromatic rings. The molecule has 0 aromatic heterocycles. The quantitative estimate of drug-likeness (QED) is 0.249. The van der Waals surface area contributed by atoms with Gasteiger partial charge in [0, 0.05) is 13.3 Å². The molecule has 7 unspecified atom stereocenters. The second-order valence-corrected chi connectivity index (χ2v) is 12.4. The van der Waals surface area contributed by atoms with Crippen LogP contribution < -0.4 is 0 Å². The Morgan fingerprint density at radius 2 is 1.94 bits per heavy atom. The van der Waals surface area contributed by atoms with Crippen LogP contribution in [0, 0.1) is 40.9 Å². The van der Waals surface area contributed by atoms with Gasteiger partial charge in [-0.3, -0.25) is 4.79 Å². The van der Waals surface area contributed by atoms with E-state index in [2.05, 4.69) is 40.7 Å². The molecule has 0 amide bonds. The summed E-state index contributed by atoms with van der Waals surface area (Å²) >= 11 is 0. The van der Waals surface area contributed by atoms with Gasteiger partial charge in [-0.05, 0) is 85.9 Å². The van der Waals surface area contributed by atoms with Crippen LogP contribution in [0.4, 0.5) is 0 Å². The number of ether oxygens (including phenoxy) is 1. The zero-order valence-electron chi connectivity index (χ0n) is 22.1. The summed E-state index contributed by atoms with van der Waals surface area (Å²) in [5, 5.41) is 0. The van der Waals surface area contributed by atoms with Crippen molar-refractivity contribution >= 4 is 5.97 Å². The first kappa shape index (κ1) is 25.8. The highest BCUT2D eigenvalue weighted by Crippen LogP contribution is 2.58. The first-order chi connectivity index (χ1) is 15.2. The lowest BCUT2D eigenvalue weighted by molar-refractivity contribution is -0.148. The third-order valence-corrected chi connectivity index (χ3v) is 9.70. The largest absolute Gasteiger partial charge is 0.462 e. The smallest absolute Gasteiger partial charge is 0.302 e. The molecule has 2 nitrogen and oxygen atoms in total. The molecule has 0 aromatic carbocycles. The van der Waals surface area contributed by atoms with Crippen molar-refractivity contribution in [1.29, 1.82) is 0 Å². The van der Waals surface area contributed by atoms with E-state index in [0.717, 1.165) is 48.3 Å². The molecular formula is C30H52O2. The van der Waals surface area contributed by atoms with Gasteiger partial charge in [-0.1, -0.05) is 78.4 Å². The highest BCUT2D eigenvalue weighted by molar-refractivity contribution is 5.66. The van der Waals surface area contributed by atoms with Crippen LogP contribution >= 0.6 is 0 Å². The number of hydrogen-bond acceptors (Lipinski definition) is 2. The Balaban J connectivity index is 1.67. The van der Waals surface area contributed by atoms with Gasteiger partial charge in [0.2, 0.25) is 0 Å². The van der Waals surface area contributed by atoms with Gasteiger partial charge in [-0.15, -0.1) is 0 Å². The molecule has 0 aliphatic heterocycles. The van der Waals surface area contributed by atoms with E-state index < -0.39 is 0 Å². The molecule has 7 atom stereocenters. The summed E-state index contributed by atoms with van der Waals surface area (Å²) in [4.78, 5) is 11.5. The van der Waals surface area contributed by atoms with Crippen molar-refractivity contribution in [3.63, 3.8) is 0 Å². The van der Waals surface area contributed by atoms with Crippen LogP contribution in [0.3, 0.4) is 0 Å². The number of hydrogen-bond donors (Lipinski definition) is 0. The standard InChI is InChI=1S/C30H52O2/c1-7-8-12-29-28(25-14-13-24(19-25)22(4)11-9-10-21(2)3)16-15-26-20-27(32-23(5)31)17-18-30(26,29)6/h15,21-22,24-25,27-29H,7-14,16-20H2,1-6H3. The van der Waals surface area contributed by atoms with Gasteiger partial charge in [0.1, 0.15) is 6.10 Å². The number of unbranched alkanes of at least 4 members (excludes halogenated alkanes) is 1. The van der Waals surface area contributed by atoms with Gasteiger partial charge in [-0.2, -0.15) is 0 Å². The third-order valence-electron chi connectivity index (χ3n) is 9.70. The number of fused-ring (bicyclic) bond motifs is 1. The molecule has 0 radical (unpaired) electrons. The summed E-state index contributed by atoms with van der Waals surface area (Å²) in [5.41, 5.74) is 1.94. The number of esters is 1. The molecule has 0 bridgehead atoms. The van der Waals surface area contributed by atoms with E-state index >= 15 is 0 Å². The second kappa shape index (κ2) is 11.6. The van der Waals surface area contributed by atoms with Crippen molar-refractivity contribution in [2.24, 2.45) is 40.9 Å². The van der Waals surface area contributed by atoms with Crippen molar-refractivity contribution in [1.82, 2.24) is 0 Å². The Morgan fingerprint density at radius 3 is 2.62 bits per heavy atom. The van der Waals surface area contributed by atoms with Gasteiger partial charge in [0.25, 0.3) is 0 Å². The number of carbonyl (C=O) groups excluding carboxylic acids is 1. The Labute approximate surface area is 199 Å². The van der Waals surface area contributed by atoms with Crippen LogP contribution in [0.5, 0.6) is 0 Å². The van der Waals surface area contributed by atoms with Gasteiger partial charge in [0.05, 0.1) is 0 Å². The monoisotopic (exact) mass is 444 g/mol. The number of carbonyl (C=O) groups is 1. The Bertz CT molecular complexity index is 635. The molecule has 2 heteroatoms. The van der Waals surface area contributed by atoms with E-state index in [9.17, 15) is 4.79 Å². The van der Waals surface area contributed by atoms with Crippen LogP contribution in [0.25, 0.3) is 0 Å². The van der Waals surface area contributed by atoms with Gasteiger partial charge in [-0.25, -0.2) is 0 Å². The zero-order valence-corrected chi connectivity index (χ0v) is 22.1. The van der Waals surface area contributed by atoms with Crippen LogP contribution in [0.15, 0.2) is 11.6 Å². The number of rotatable bonds is 10. The molecule has 32 heavy (non-hydrogen) atoms. The van der Waals surface area contributed by atoms with Crippen molar-refractivity contribution in [2.75, 3.05) is 0 Å². The summed E-state index contributed by atoms with van der Waals surface area (Å²) in [6, 6.07) is 0. The molecule has 2 fully saturated rings. The van der Waals surface area contributed by atoms with E-state index in [4.69, 9.17) is 4.74 Å². The van der Waals surface area contributed by atoms with Gasteiger partial charge >= 0.3 is 5.97 Å². The second-order valence-electron chi connectivity index (χ2n) is 12.4. The normalized spacial score (nSPS) is 36.0. The average Bonchev–Trinajstić information content (AvgIpc) is 3.22. The van der Waals surface area contributed by atoms with Crippen molar-refractivity contribution in [2.45, 2.75) is 131 Å². The molecule has 0 N–H and O–H groups in total. The van der Waals surface area contributed by atoms with Crippen LogP contribution in [-0.4, -0.2) is 12.1 Å². The van der Waals surface area contributed by atoms with Crippen LogP contribution in [-0.2, 0) is 9.53 Å². The predicted octanol–water partition coefficient (Wildman–Crippen LogP) is 8.74. The molecule has 184 valence electrons. The lowest BCUT2D eigenvalue weighted by Gasteiger charge is -2.52. The van der Waals surface area contributed by atoms with Crippen molar-refractivity contribution in [3.05, 3.63) is 11.6 Å². The predicted molar refractivity (Wildman–Crippen MR) is 135 cm³/mol. The van der Waals surface area contributed by atoms with E-state index in [1.165, 1.54) is 70.6 Å². The van der Waals surface area contributed by atoms with Crippen LogP contribution in [0.1, 0.15) is 125 Å². The highest BCUT2D eigenvalue weighted by atomic mass is 16.5. The maximum absolute atomic E-state index is 11.5. The minimum absolute atomic E-state index is 0.109. The summed E-state index contributed by atoms with van der Waals surface area (Å²) in [6.45, 7) is 13.7. The molecule has 0 spiro atoms. The maximum Gasteiger partial charge on any atom is 0.302 e. The molecule has 3 aliphatic carbocycles. The van der Waals surface area contributed by atoms with E-state index in [0.29, 0.717) is 5.41 Å². The summed E-state index contributed by atoms with van der Waals surface area (Å²) in [6.07, 6.45) is 19.9. The van der Waals surface area contributed by atoms with E-state index in [1.807, 2.05) is 0 Å². The lowest BCUT2D eigenvalue weighted by atomic mass is 9.53. The fourth-order valence-corrected chi connectivity index (χ4v) is 7.71. The van der Waals surface area contributed by atoms with Gasteiger partial charge < -0.3 is 4.74 Å². The van der Waals surface area contributed by atoms with Crippen molar-refractivity contribution in [3.8, 4) is 0 Å². The third kappa shape index (κ3) is 6.20. The topological polar surface area (TPSA) is 26.3 Å². The zero-order chi connectivity index (χ0) is 23.3. The molecule has 0 heterocycles. The van der Waals surface area contributed by atoms with Crippen LogP contribution in [0.2, 0.25) is 0 Å². The van der Waals surface area contributed by atoms with Gasteiger partial charge in [0.15, 0.2) is 0 Å². The molecule has 2 saturated carbocycles. The lowest BCUT2D eigenvalue weighted by Crippen LogP contribution is -2.44. The Kier molecular flexibility index (Phi) is 9.33. The van der Waals surface area contributed by atoms with E-state index in [1.54, 1.807) is 12.5 Å². The first-order valence-electron chi connectivity index (χ1n) is 14.1. The fourth-order valence-electron chi connectivity index (χ4n) is 7.71. The molecule has 3 rings (SSSR count). The minimum Gasteiger partial charge on any atom is -0.462 e. The van der Waals surface area contributed by atoms with Crippen molar-refractivity contribution < 1.29 is 9.53 Å². The molecular weight excluding hydrogens is 392 g/mol. The maximum atomic E-state index is 11.5. The first-order valence-corrected chi connectivity index (χ1v) is 14.1. The fraction of sp³-hybridized carbons (Fsp3) is 0.900. The average molecular weight is 445 g/mol. The molecule has 3 aliphatic rings. The SMILES string of the molecule is CCCCC1C(C2CCC(C(C)CCCC(C)C)C2)CC=C2CC(OC(C)=O)CCC21C. The number of allylic oxidation sites excluding steroid dienone is 1. The van der Waals surface area contributed by atoms with E-state index in [-0.39, 0.29) is 12.1 Å². The summed E-state index contributed by atoms with van der Waals surface area (Å²) in [7, 11) is 0. The summed E-state index contributed by atoms with van der Waals surface area (Å²) in [5.74, 6) is 5.20. The molecule has 0 saturated heterocycles. The Hall–Kier alpha value is -0.790. The highest BCUT2D eigenvalue weighted by Gasteiger charge is 2.49. The summed E-state index contributed by atoms with van der Waals surface area (Å²) < 4.78 is 5.64. The Morgan fingerprint density at radius 1 is 1.16 bits per heavy atom.